The predicted molar refractivity (Wildman–Crippen MR) is 37.7 cm³/mol. The van der Waals surface area contributed by atoms with Crippen LogP contribution in [0, 0.1) is 11.5 Å². The summed E-state index contributed by atoms with van der Waals surface area (Å²) in [4.78, 5) is 1.68. The molecule has 1 unspecified atom stereocenters. The summed E-state index contributed by atoms with van der Waals surface area (Å²) in [6.45, 7) is 4.19. The van der Waals surface area contributed by atoms with E-state index in [-0.39, 0.29) is 0 Å². The van der Waals surface area contributed by atoms with Crippen LogP contribution in [-0.4, -0.2) is 18.0 Å². The van der Waals surface area contributed by atoms with Crippen molar-refractivity contribution in [3.8, 4) is 6.19 Å². The maximum atomic E-state index is 8.41. The molecule has 0 spiro atoms. The Morgan fingerprint density at radius 2 is 2.22 bits per heavy atom. The van der Waals surface area contributed by atoms with Gasteiger partial charge in [0.15, 0.2) is 6.19 Å². The third-order valence-electron chi connectivity index (χ3n) is 1.53. The summed E-state index contributed by atoms with van der Waals surface area (Å²) < 4.78 is 0. The SMILES string of the molecule is CCCC(C)N(C)C#N. The van der Waals surface area contributed by atoms with Crippen LogP contribution in [0.25, 0.3) is 0 Å². The second-order valence-corrected chi connectivity index (χ2v) is 2.35. The van der Waals surface area contributed by atoms with Gasteiger partial charge in [-0.3, -0.25) is 0 Å². The van der Waals surface area contributed by atoms with Crippen LogP contribution in [0.1, 0.15) is 26.7 Å². The summed E-state index contributed by atoms with van der Waals surface area (Å²) in [7, 11) is 1.82. The Hall–Kier alpha value is -0.710. The van der Waals surface area contributed by atoms with Crippen LogP contribution in [0.5, 0.6) is 0 Å². The summed E-state index contributed by atoms with van der Waals surface area (Å²) in [6.07, 6.45) is 4.33. The highest BCUT2D eigenvalue weighted by Crippen LogP contribution is 2.01. The van der Waals surface area contributed by atoms with Crippen LogP contribution in [0.15, 0.2) is 0 Å². The molecule has 52 valence electrons. The number of nitriles is 1. The minimum absolute atomic E-state index is 0.403. The molecular weight excluding hydrogens is 112 g/mol. The van der Waals surface area contributed by atoms with Crippen molar-refractivity contribution < 1.29 is 0 Å². The van der Waals surface area contributed by atoms with Gasteiger partial charge in [-0.1, -0.05) is 13.3 Å². The van der Waals surface area contributed by atoms with Crippen molar-refractivity contribution in [2.75, 3.05) is 7.05 Å². The molecule has 0 aromatic rings. The molecule has 0 heterocycles. The molecule has 0 aliphatic heterocycles. The maximum Gasteiger partial charge on any atom is 0.179 e. The van der Waals surface area contributed by atoms with Gasteiger partial charge >= 0.3 is 0 Å². The van der Waals surface area contributed by atoms with Gasteiger partial charge in [-0.25, -0.2) is 0 Å². The highest BCUT2D eigenvalue weighted by atomic mass is 15.1. The smallest absolute Gasteiger partial charge is 0.179 e. The first-order chi connectivity index (χ1) is 4.22. The van der Waals surface area contributed by atoms with E-state index in [1.54, 1.807) is 4.90 Å². The van der Waals surface area contributed by atoms with Crippen molar-refractivity contribution in [2.24, 2.45) is 0 Å². The summed E-state index contributed by atoms with van der Waals surface area (Å²) in [5, 5.41) is 8.41. The van der Waals surface area contributed by atoms with Crippen molar-refractivity contribution in [1.29, 1.82) is 5.26 Å². The van der Waals surface area contributed by atoms with Crippen LogP contribution >= 0.6 is 0 Å². The zero-order chi connectivity index (χ0) is 7.28. The van der Waals surface area contributed by atoms with E-state index in [0.29, 0.717) is 6.04 Å². The lowest BCUT2D eigenvalue weighted by molar-refractivity contribution is 0.345. The van der Waals surface area contributed by atoms with E-state index in [1.165, 1.54) is 0 Å². The quantitative estimate of drug-likeness (QED) is 0.424. The van der Waals surface area contributed by atoms with E-state index < -0.39 is 0 Å². The maximum absolute atomic E-state index is 8.41. The first-order valence-electron chi connectivity index (χ1n) is 3.35. The lowest BCUT2D eigenvalue weighted by atomic mass is 10.2. The fourth-order valence-corrected chi connectivity index (χ4v) is 0.710. The van der Waals surface area contributed by atoms with Crippen LogP contribution < -0.4 is 0 Å². The molecule has 0 saturated carbocycles. The van der Waals surface area contributed by atoms with Gasteiger partial charge in [0.2, 0.25) is 0 Å². The Morgan fingerprint density at radius 1 is 1.67 bits per heavy atom. The van der Waals surface area contributed by atoms with Gasteiger partial charge in [-0.15, -0.1) is 0 Å². The van der Waals surface area contributed by atoms with Crippen LogP contribution in [-0.2, 0) is 0 Å². The Bertz CT molecular complexity index is 104. The number of hydrogen-bond acceptors (Lipinski definition) is 2. The second-order valence-electron chi connectivity index (χ2n) is 2.35. The van der Waals surface area contributed by atoms with E-state index >= 15 is 0 Å². The topological polar surface area (TPSA) is 27.0 Å². The molecule has 1 atom stereocenters. The van der Waals surface area contributed by atoms with E-state index in [2.05, 4.69) is 20.0 Å². The normalized spacial score (nSPS) is 12.2. The zero-order valence-corrected chi connectivity index (χ0v) is 6.39. The molecule has 0 aliphatic carbocycles. The molecule has 0 aromatic heterocycles. The van der Waals surface area contributed by atoms with Crippen molar-refractivity contribution in [3.63, 3.8) is 0 Å². The average Bonchev–Trinajstić information content (AvgIpc) is 1.87. The lowest BCUT2D eigenvalue weighted by Gasteiger charge is -2.16. The van der Waals surface area contributed by atoms with Crippen molar-refractivity contribution >= 4 is 0 Å². The fourth-order valence-electron chi connectivity index (χ4n) is 0.710. The Labute approximate surface area is 57.1 Å². The van der Waals surface area contributed by atoms with Crippen LogP contribution in [0.2, 0.25) is 0 Å². The largest absolute Gasteiger partial charge is 0.311 e. The predicted octanol–water partition coefficient (Wildman–Crippen LogP) is 1.59. The van der Waals surface area contributed by atoms with Gasteiger partial charge in [0.1, 0.15) is 0 Å². The number of hydrogen-bond donors (Lipinski definition) is 0. The second kappa shape index (κ2) is 4.20. The molecule has 2 nitrogen and oxygen atoms in total. The van der Waals surface area contributed by atoms with Gasteiger partial charge < -0.3 is 4.90 Å². The lowest BCUT2D eigenvalue weighted by Crippen LogP contribution is -2.23. The Kier molecular flexibility index (Phi) is 3.87. The Balaban J connectivity index is 3.48. The van der Waals surface area contributed by atoms with Gasteiger partial charge in [-0.05, 0) is 13.3 Å². The summed E-state index contributed by atoms with van der Waals surface area (Å²) in [6, 6.07) is 0.403. The highest BCUT2D eigenvalue weighted by molar-refractivity contribution is 4.74. The molecule has 0 bridgehead atoms. The Morgan fingerprint density at radius 3 is 2.56 bits per heavy atom. The minimum Gasteiger partial charge on any atom is -0.311 e. The number of rotatable bonds is 3. The molecule has 0 fully saturated rings. The molecule has 0 N–H and O–H groups in total. The molecule has 0 aromatic carbocycles. The van der Waals surface area contributed by atoms with Crippen molar-refractivity contribution in [2.45, 2.75) is 32.7 Å². The fraction of sp³-hybridized carbons (Fsp3) is 0.857. The molecule has 0 saturated heterocycles. The van der Waals surface area contributed by atoms with Gasteiger partial charge in [-0.2, -0.15) is 5.26 Å². The third kappa shape index (κ3) is 2.97. The third-order valence-corrected chi connectivity index (χ3v) is 1.53. The minimum atomic E-state index is 0.403. The summed E-state index contributed by atoms with van der Waals surface area (Å²) in [5.41, 5.74) is 0. The van der Waals surface area contributed by atoms with E-state index in [9.17, 15) is 0 Å². The highest BCUT2D eigenvalue weighted by Gasteiger charge is 2.03. The first-order valence-corrected chi connectivity index (χ1v) is 3.35. The van der Waals surface area contributed by atoms with Gasteiger partial charge in [0.05, 0.1) is 0 Å². The molecular formula is C7H14N2. The van der Waals surface area contributed by atoms with E-state index in [1.807, 2.05) is 7.05 Å². The summed E-state index contributed by atoms with van der Waals surface area (Å²) >= 11 is 0. The molecule has 0 rings (SSSR count). The van der Waals surface area contributed by atoms with Crippen molar-refractivity contribution in [3.05, 3.63) is 0 Å². The molecule has 0 amide bonds. The van der Waals surface area contributed by atoms with Gasteiger partial charge in [0.25, 0.3) is 0 Å². The molecule has 0 radical (unpaired) electrons. The average molecular weight is 126 g/mol. The van der Waals surface area contributed by atoms with E-state index in [0.717, 1.165) is 12.8 Å². The zero-order valence-electron chi connectivity index (χ0n) is 6.39. The standard InChI is InChI=1S/C7H14N2/c1-4-5-7(2)9(3)6-8/h7H,4-5H2,1-3H3. The van der Waals surface area contributed by atoms with Crippen LogP contribution in [0.3, 0.4) is 0 Å². The monoisotopic (exact) mass is 126 g/mol. The summed E-state index contributed by atoms with van der Waals surface area (Å²) in [5.74, 6) is 0. The number of nitrogens with zero attached hydrogens (tertiary/aromatic N) is 2. The molecule has 9 heavy (non-hydrogen) atoms. The first kappa shape index (κ1) is 8.29. The van der Waals surface area contributed by atoms with Gasteiger partial charge in [0, 0.05) is 13.1 Å². The van der Waals surface area contributed by atoms with Crippen LogP contribution in [0.4, 0.5) is 0 Å². The van der Waals surface area contributed by atoms with E-state index in [4.69, 9.17) is 5.26 Å². The molecule has 2 heteroatoms. The molecule has 0 aliphatic rings. The van der Waals surface area contributed by atoms with Crippen molar-refractivity contribution in [1.82, 2.24) is 4.90 Å².